The largest absolute Gasteiger partial charge is 0.313 e. The summed E-state index contributed by atoms with van der Waals surface area (Å²) in [7, 11) is 1.97. The number of nitrogens with one attached hydrogen (secondary N) is 1. The van der Waals surface area contributed by atoms with Gasteiger partial charge in [-0.2, -0.15) is 0 Å². The van der Waals surface area contributed by atoms with Crippen LogP contribution in [0.3, 0.4) is 0 Å². The Kier molecular flexibility index (Phi) is 3.03. The summed E-state index contributed by atoms with van der Waals surface area (Å²) in [4.78, 5) is 1.08. The Bertz CT molecular complexity index is 367. The Morgan fingerprint density at radius 1 is 1.33 bits per heavy atom. The molecule has 1 aromatic carbocycles. The molecule has 1 N–H and O–H groups in total. The van der Waals surface area contributed by atoms with E-state index in [1.54, 1.807) is 23.9 Å². The molecule has 1 heterocycles. The van der Waals surface area contributed by atoms with E-state index >= 15 is 0 Å². The number of fused-ring (bicyclic) bond motifs is 1. The summed E-state index contributed by atoms with van der Waals surface area (Å²) < 4.78 is 13.1. The molecule has 1 nitrogen and oxygen atoms in total. The van der Waals surface area contributed by atoms with Crippen LogP contribution in [0.1, 0.15) is 25.5 Å². The molecular weight excluding hydrogens is 209 g/mol. The molecule has 0 saturated heterocycles. The van der Waals surface area contributed by atoms with Crippen molar-refractivity contribution in [1.29, 1.82) is 0 Å². The maximum Gasteiger partial charge on any atom is 0.124 e. The monoisotopic (exact) mass is 225 g/mol. The van der Waals surface area contributed by atoms with Crippen LogP contribution in [-0.2, 0) is 0 Å². The fourth-order valence-corrected chi connectivity index (χ4v) is 3.43. The summed E-state index contributed by atoms with van der Waals surface area (Å²) in [6, 6.07) is 5.44. The standard InChI is InChI=1S/C12H16FNS/c1-7-8(2)15-11-6-9(13)4-5-10(11)12(7)14-3/h4-8,12,14H,1-3H3. The lowest BCUT2D eigenvalue weighted by atomic mass is 9.91. The van der Waals surface area contributed by atoms with Crippen LogP contribution < -0.4 is 5.32 Å². The van der Waals surface area contributed by atoms with Gasteiger partial charge in [0.15, 0.2) is 0 Å². The fourth-order valence-electron chi connectivity index (χ4n) is 2.15. The van der Waals surface area contributed by atoms with E-state index in [9.17, 15) is 4.39 Å². The van der Waals surface area contributed by atoms with Gasteiger partial charge in [-0.15, -0.1) is 11.8 Å². The van der Waals surface area contributed by atoms with Crippen molar-refractivity contribution in [1.82, 2.24) is 5.32 Å². The van der Waals surface area contributed by atoms with Crippen LogP contribution in [0.2, 0.25) is 0 Å². The van der Waals surface area contributed by atoms with Crippen molar-refractivity contribution in [2.24, 2.45) is 5.92 Å². The highest BCUT2D eigenvalue weighted by atomic mass is 32.2. The minimum absolute atomic E-state index is 0.141. The van der Waals surface area contributed by atoms with Gasteiger partial charge in [0, 0.05) is 16.2 Å². The summed E-state index contributed by atoms with van der Waals surface area (Å²) >= 11 is 1.77. The minimum atomic E-state index is -0.141. The molecule has 0 fully saturated rings. The van der Waals surface area contributed by atoms with Crippen molar-refractivity contribution in [2.75, 3.05) is 7.05 Å². The van der Waals surface area contributed by atoms with Gasteiger partial charge in [-0.25, -0.2) is 4.39 Å². The van der Waals surface area contributed by atoms with Crippen molar-refractivity contribution < 1.29 is 4.39 Å². The summed E-state index contributed by atoms with van der Waals surface area (Å²) in [6.07, 6.45) is 0. The second kappa shape index (κ2) is 4.14. The number of thioether (sulfide) groups is 1. The third kappa shape index (κ3) is 1.91. The molecule has 0 bridgehead atoms. The van der Waals surface area contributed by atoms with Crippen LogP contribution >= 0.6 is 11.8 Å². The molecule has 3 atom stereocenters. The van der Waals surface area contributed by atoms with E-state index in [0.29, 0.717) is 17.2 Å². The van der Waals surface area contributed by atoms with Crippen LogP contribution in [0.25, 0.3) is 0 Å². The minimum Gasteiger partial charge on any atom is -0.313 e. The lowest BCUT2D eigenvalue weighted by molar-refractivity contribution is 0.395. The van der Waals surface area contributed by atoms with Crippen molar-refractivity contribution in [3.63, 3.8) is 0 Å². The van der Waals surface area contributed by atoms with Gasteiger partial charge in [0.05, 0.1) is 0 Å². The molecule has 3 heteroatoms. The second-order valence-electron chi connectivity index (χ2n) is 4.13. The first kappa shape index (κ1) is 11.0. The molecule has 15 heavy (non-hydrogen) atoms. The number of hydrogen-bond acceptors (Lipinski definition) is 2. The number of rotatable bonds is 1. The zero-order valence-corrected chi connectivity index (χ0v) is 10.1. The molecule has 2 rings (SSSR count). The number of halogens is 1. The average molecular weight is 225 g/mol. The highest BCUT2D eigenvalue weighted by Gasteiger charge is 2.31. The van der Waals surface area contributed by atoms with Crippen molar-refractivity contribution in [3.8, 4) is 0 Å². The third-order valence-electron chi connectivity index (χ3n) is 3.20. The summed E-state index contributed by atoms with van der Waals surface area (Å²) in [6.45, 7) is 4.44. The van der Waals surface area contributed by atoms with Gasteiger partial charge in [0.25, 0.3) is 0 Å². The Hall–Kier alpha value is -0.540. The van der Waals surface area contributed by atoms with Crippen LogP contribution in [0.4, 0.5) is 4.39 Å². The van der Waals surface area contributed by atoms with E-state index in [1.807, 2.05) is 13.1 Å². The molecule has 3 unspecified atom stereocenters. The van der Waals surface area contributed by atoms with Crippen LogP contribution in [0.5, 0.6) is 0 Å². The average Bonchev–Trinajstić information content (AvgIpc) is 2.20. The van der Waals surface area contributed by atoms with E-state index in [1.165, 1.54) is 5.56 Å². The first-order chi connectivity index (χ1) is 7.13. The molecule has 1 aliphatic rings. The van der Waals surface area contributed by atoms with Gasteiger partial charge in [-0.1, -0.05) is 19.9 Å². The van der Waals surface area contributed by atoms with Gasteiger partial charge in [0.1, 0.15) is 5.82 Å². The fraction of sp³-hybridized carbons (Fsp3) is 0.500. The Morgan fingerprint density at radius 3 is 2.73 bits per heavy atom. The van der Waals surface area contributed by atoms with Gasteiger partial charge in [-0.3, -0.25) is 0 Å². The summed E-state index contributed by atoms with van der Waals surface area (Å²) in [5, 5.41) is 3.85. The molecule has 0 aromatic heterocycles. The smallest absolute Gasteiger partial charge is 0.124 e. The zero-order chi connectivity index (χ0) is 11.0. The molecule has 0 amide bonds. The predicted octanol–water partition coefficient (Wildman–Crippen LogP) is 3.22. The van der Waals surface area contributed by atoms with E-state index in [2.05, 4.69) is 19.2 Å². The van der Waals surface area contributed by atoms with Gasteiger partial charge in [-0.05, 0) is 30.7 Å². The maximum atomic E-state index is 13.1. The van der Waals surface area contributed by atoms with Gasteiger partial charge in [0.2, 0.25) is 0 Å². The second-order valence-corrected chi connectivity index (χ2v) is 5.55. The quantitative estimate of drug-likeness (QED) is 0.787. The van der Waals surface area contributed by atoms with Crippen LogP contribution in [0, 0.1) is 11.7 Å². The molecule has 1 aromatic rings. The zero-order valence-electron chi connectivity index (χ0n) is 9.25. The topological polar surface area (TPSA) is 12.0 Å². The van der Waals surface area contributed by atoms with Crippen molar-refractivity contribution in [3.05, 3.63) is 29.6 Å². The Balaban J connectivity index is 2.45. The number of benzene rings is 1. The molecule has 1 aliphatic heterocycles. The summed E-state index contributed by atoms with van der Waals surface area (Å²) in [5.74, 6) is 0.427. The SMILES string of the molecule is CNC1c2ccc(F)cc2SC(C)C1C. The highest BCUT2D eigenvalue weighted by molar-refractivity contribution is 8.00. The van der Waals surface area contributed by atoms with E-state index in [4.69, 9.17) is 0 Å². The van der Waals surface area contributed by atoms with E-state index in [0.717, 1.165) is 4.90 Å². The molecule has 0 radical (unpaired) electrons. The molecule has 82 valence electrons. The lowest BCUT2D eigenvalue weighted by Gasteiger charge is -2.35. The van der Waals surface area contributed by atoms with Gasteiger partial charge >= 0.3 is 0 Å². The third-order valence-corrected chi connectivity index (χ3v) is 4.61. The first-order valence-electron chi connectivity index (χ1n) is 5.27. The van der Waals surface area contributed by atoms with Crippen LogP contribution in [-0.4, -0.2) is 12.3 Å². The molecular formula is C12H16FNS. The molecule has 0 saturated carbocycles. The Morgan fingerprint density at radius 2 is 2.07 bits per heavy atom. The van der Waals surface area contributed by atoms with E-state index in [-0.39, 0.29) is 5.82 Å². The molecule has 0 spiro atoms. The summed E-state index contributed by atoms with van der Waals surface area (Å²) in [5.41, 5.74) is 1.23. The number of hydrogen-bond donors (Lipinski definition) is 1. The van der Waals surface area contributed by atoms with Crippen LogP contribution in [0.15, 0.2) is 23.1 Å². The van der Waals surface area contributed by atoms with E-state index < -0.39 is 0 Å². The van der Waals surface area contributed by atoms with Crippen molar-refractivity contribution in [2.45, 2.75) is 30.0 Å². The Labute approximate surface area is 94.5 Å². The normalized spacial score (nSPS) is 30.0. The first-order valence-corrected chi connectivity index (χ1v) is 6.15. The predicted molar refractivity (Wildman–Crippen MR) is 62.7 cm³/mol. The lowest BCUT2D eigenvalue weighted by Crippen LogP contribution is -2.32. The maximum absolute atomic E-state index is 13.1. The van der Waals surface area contributed by atoms with Gasteiger partial charge < -0.3 is 5.32 Å². The van der Waals surface area contributed by atoms with Crippen molar-refractivity contribution >= 4 is 11.8 Å². The molecule has 0 aliphatic carbocycles. The highest BCUT2D eigenvalue weighted by Crippen LogP contribution is 2.43.